The first-order chi connectivity index (χ1) is 17.3. The van der Waals surface area contributed by atoms with Gasteiger partial charge in [0.15, 0.2) is 0 Å². The summed E-state index contributed by atoms with van der Waals surface area (Å²) in [7, 11) is 0. The van der Waals surface area contributed by atoms with Crippen molar-refractivity contribution in [2.45, 2.75) is 56.6 Å². The Hall–Kier alpha value is -3.17. The summed E-state index contributed by atoms with van der Waals surface area (Å²) in [6.45, 7) is 3.16. The lowest BCUT2D eigenvalue weighted by Crippen LogP contribution is -2.41. The van der Waals surface area contributed by atoms with Gasteiger partial charge >= 0.3 is 24.3 Å². The summed E-state index contributed by atoms with van der Waals surface area (Å²) >= 11 is 0. The number of pyridine rings is 1. The van der Waals surface area contributed by atoms with Crippen molar-refractivity contribution in [2.24, 2.45) is 0 Å². The van der Waals surface area contributed by atoms with E-state index in [1.54, 1.807) is 18.7 Å². The van der Waals surface area contributed by atoms with Crippen LogP contribution in [0.15, 0.2) is 47.3 Å². The number of halogens is 6. The van der Waals surface area contributed by atoms with Crippen molar-refractivity contribution in [2.75, 3.05) is 13.2 Å². The summed E-state index contributed by atoms with van der Waals surface area (Å²) < 4.78 is 81.2. The van der Waals surface area contributed by atoms with E-state index in [4.69, 9.17) is 33.7 Å². The van der Waals surface area contributed by atoms with E-state index in [-0.39, 0.29) is 12.2 Å². The summed E-state index contributed by atoms with van der Waals surface area (Å²) in [5.41, 5.74) is 1.15. The number of carbonyl (C=O) groups is 2. The number of carboxylic acid groups (broad SMARTS) is 2. The van der Waals surface area contributed by atoms with E-state index < -0.39 is 24.3 Å². The Morgan fingerprint density at radius 3 is 2.16 bits per heavy atom. The number of likely N-dealkylation sites (tertiary alicyclic amines) is 1. The van der Waals surface area contributed by atoms with Crippen LogP contribution in [0.2, 0.25) is 0 Å². The first kappa shape index (κ1) is 30.1. The number of alkyl halides is 6. The lowest BCUT2D eigenvalue weighted by molar-refractivity contribution is -0.193. The molecule has 37 heavy (non-hydrogen) atoms. The third kappa shape index (κ3) is 10.0. The molecule has 2 N–H and O–H groups in total. The maximum Gasteiger partial charge on any atom is 0.490 e. The fraction of sp³-hybridized carbons (Fsp3) is 0.500. The fourth-order valence-electron chi connectivity index (χ4n) is 3.62. The number of aliphatic carboxylic acids is 2. The zero-order valence-electron chi connectivity index (χ0n) is 19.1. The number of carboxylic acids is 2. The summed E-state index contributed by atoms with van der Waals surface area (Å²) in [6.07, 6.45) is -2.26. The van der Waals surface area contributed by atoms with Gasteiger partial charge in [0.2, 0.25) is 0 Å². The van der Waals surface area contributed by atoms with Crippen LogP contribution in [0.5, 0.6) is 0 Å². The van der Waals surface area contributed by atoms with Gasteiger partial charge in [-0.25, -0.2) is 9.59 Å². The van der Waals surface area contributed by atoms with E-state index in [1.807, 2.05) is 24.3 Å². The zero-order chi connectivity index (χ0) is 27.6. The Labute approximate surface area is 206 Å². The van der Waals surface area contributed by atoms with Crippen molar-refractivity contribution in [3.05, 3.63) is 54.2 Å². The molecule has 2 aliphatic rings. The molecule has 9 nitrogen and oxygen atoms in total. The second kappa shape index (κ2) is 13.4. The molecule has 0 radical (unpaired) electrons. The number of aromatic nitrogens is 1. The van der Waals surface area contributed by atoms with Crippen molar-refractivity contribution in [3.8, 4) is 0 Å². The number of fused-ring (bicyclic) bond motifs is 1. The number of furan rings is 1. The number of nitrogens with zero attached hydrogens (tertiary/aromatic N) is 2. The highest BCUT2D eigenvalue weighted by Gasteiger charge is 2.44. The Bertz CT molecular complexity index is 946. The minimum atomic E-state index is -5.08. The highest BCUT2D eigenvalue weighted by atomic mass is 19.4. The van der Waals surface area contributed by atoms with Gasteiger partial charge in [-0.05, 0) is 42.7 Å². The summed E-state index contributed by atoms with van der Waals surface area (Å²) in [5, 5.41) is 14.2. The minimum absolute atomic E-state index is 0.114. The second-order valence-corrected chi connectivity index (χ2v) is 7.86. The lowest BCUT2D eigenvalue weighted by atomic mass is 10.0. The molecule has 3 atom stereocenters. The van der Waals surface area contributed by atoms with Crippen LogP contribution >= 0.6 is 0 Å². The molecule has 2 aromatic rings. The monoisotopic (exact) mass is 542 g/mol. The van der Waals surface area contributed by atoms with Crippen LogP contribution in [0.4, 0.5) is 26.3 Å². The molecular formula is C22H24F6N2O7. The molecule has 0 bridgehead atoms. The molecule has 0 saturated carbocycles. The molecule has 4 heterocycles. The second-order valence-electron chi connectivity index (χ2n) is 7.86. The third-order valence-corrected chi connectivity index (χ3v) is 5.22. The molecule has 0 aromatic carbocycles. The quantitative estimate of drug-likeness (QED) is 0.542. The van der Waals surface area contributed by atoms with Crippen molar-refractivity contribution in [3.63, 3.8) is 0 Å². The molecule has 15 heteroatoms. The van der Waals surface area contributed by atoms with Crippen molar-refractivity contribution < 1.29 is 60.0 Å². The van der Waals surface area contributed by atoms with Gasteiger partial charge in [-0.2, -0.15) is 26.3 Å². The smallest absolute Gasteiger partial charge is 0.475 e. The summed E-state index contributed by atoms with van der Waals surface area (Å²) in [5.74, 6) is -4.51. The van der Waals surface area contributed by atoms with Gasteiger partial charge in [0, 0.05) is 31.6 Å². The van der Waals surface area contributed by atoms with Crippen LogP contribution in [0, 0.1) is 0 Å². The molecule has 0 amide bonds. The van der Waals surface area contributed by atoms with Crippen LogP contribution in [0.1, 0.15) is 24.2 Å². The predicted octanol–water partition coefficient (Wildman–Crippen LogP) is 3.89. The Morgan fingerprint density at radius 2 is 1.65 bits per heavy atom. The van der Waals surface area contributed by atoms with Gasteiger partial charge in [-0.3, -0.25) is 9.88 Å². The average molecular weight is 542 g/mol. The molecule has 2 aliphatic heterocycles. The molecule has 2 saturated heterocycles. The van der Waals surface area contributed by atoms with Crippen LogP contribution < -0.4 is 0 Å². The zero-order valence-corrected chi connectivity index (χ0v) is 19.1. The minimum Gasteiger partial charge on any atom is -0.475 e. The third-order valence-electron chi connectivity index (χ3n) is 5.22. The normalized spacial score (nSPS) is 21.6. The van der Waals surface area contributed by atoms with E-state index in [0.717, 1.165) is 37.4 Å². The fourth-order valence-corrected chi connectivity index (χ4v) is 3.62. The number of rotatable bonds is 5. The van der Waals surface area contributed by atoms with Gasteiger partial charge in [0.1, 0.15) is 11.9 Å². The maximum atomic E-state index is 10.6. The molecule has 2 aromatic heterocycles. The highest BCUT2D eigenvalue weighted by molar-refractivity contribution is 5.73. The van der Waals surface area contributed by atoms with Gasteiger partial charge in [-0.15, -0.1) is 0 Å². The summed E-state index contributed by atoms with van der Waals surface area (Å²) in [4.78, 5) is 24.3. The van der Waals surface area contributed by atoms with Crippen LogP contribution in [0.3, 0.4) is 0 Å². The molecule has 0 aliphatic carbocycles. The average Bonchev–Trinajstić information content (AvgIpc) is 3.46. The highest BCUT2D eigenvalue weighted by Crippen LogP contribution is 2.32. The first-order valence-corrected chi connectivity index (χ1v) is 10.8. The molecule has 2 fully saturated rings. The Morgan fingerprint density at radius 1 is 1.05 bits per heavy atom. The predicted molar refractivity (Wildman–Crippen MR) is 112 cm³/mol. The SMILES string of the molecule is O=C(O)C(F)(F)F.O=C(O)C(F)(F)F.c1coc(CN2C[C@@H](OCc3ccncc3)[C@@H]3OCCC[C@@H]32)c1. The van der Waals surface area contributed by atoms with Crippen LogP contribution in [-0.2, 0) is 32.2 Å². The molecule has 0 unspecified atom stereocenters. The molecular weight excluding hydrogens is 518 g/mol. The van der Waals surface area contributed by atoms with Gasteiger partial charge in [-0.1, -0.05) is 0 Å². The van der Waals surface area contributed by atoms with E-state index in [2.05, 4.69) is 9.88 Å². The number of hydrogen-bond donors (Lipinski definition) is 2. The van der Waals surface area contributed by atoms with Crippen molar-refractivity contribution >= 4 is 11.9 Å². The van der Waals surface area contributed by atoms with Crippen LogP contribution in [0.25, 0.3) is 0 Å². The number of ether oxygens (including phenoxy) is 2. The van der Waals surface area contributed by atoms with Crippen molar-refractivity contribution in [1.29, 1.82) is 0 Å². The maximum absolute atomic E-state index is 10.6. The molecule has 0 spiro atoms. The molecule has 206 valence electrons. The van der Waals surface area contributed by atoms with Gasteiger partial charge in [0.25, 0.3) is 0 Å². The van der Waals surface area contributed by atoms with Gasteiger partial charge < -0.3 is 24.1 Å². The Balaban J connectivity index is 0.000000286. The Kier molecular flexibility index (Phi) is 10.9. The van der Waals surface area contributed by atoms with E-state index in [0.29, 0.717) is 12.6 Å². The lowest BCUT2D eigenvalue weighted by Gasteiger charge is -2.32. The van der Waals surface area contributed by atoms with Crippen LogP contribution in [-0.4, -0.2) is 75.8 Å². The van der Waals surface area contributed by atoms with E-state index in [9.17, 15) is 26.3 Å². The van der Waals surface area contributed by atoms with Gasteiger partial charge in [0.05, 0.1) is 25.5 Å². The van der Waals surface area contributed by atoms with E-state index >= 15 is 0 Å². The topological polar surface area (TPSA) is 122 Å². The van der Waals surface area contributed by atoms with E-state index in [1.165, 1.54) is 6.42 Å². The largest absolute Gasteiger partial charge is 0.490 e. The molecule has 4 rings (SSSR count). The first-order valence-electron chi connectivity index (χ1n) is 10.8. The van der Waals surface area contributed by atoms with Crippen molar-refractivity contribution in [1.82, 2.24) is 9.88 Å². The standard InChI is InChI=1S/C18H22N2O3.2C2HF3O2/c1-3-15(21-9-1)11-20-12-17(18-16(20)4-2-10-22-18)23-13-14-5-7-19-8-6-14;2*3-2(4,5)1(6)7/h1,3,5-9,16-18H,2,4,10-13H2;2*(H,6,7)/t16-,17+,18+;;/m0../s1. The summed E-state index contributed by atoms with van der Waals surface area (Å²) in [6, 6.07) is 8.39. The number of hydrogen-bond acceptors (Lipinski definition) is 7.